The highest BCUT2D eigenvalue weighted by Gasteiger charge is 2.01. The van der Waals surface area contributed by atoms with Crippen molar-refractivity contribution in [3.63, 3.8) is 0 Å². The van der Waals surface area contributed by atoms with Gasteiger partial charge in [0.05, 0.1) is 0 Å². The van der Waals surface area contributed by atoms with Crippen molar-refractivity contribution in [2.75, 3.05) is 0 Å². The first kappa shape index (κ1) is 21.8. The molecule has 1 rings (SSSR count). The predicted octanol–water partition coefficient (Wildman–Crippen LogP) is 5.13. The molecular formula is C20H39N3O2. The molecule has 5 heteroatoms. The molecule has 0 spiro atoms. The number of H-pyrrole nitrogens is 2. The summed E-state index contributed by atoms with van der Waals surface area (Å²) in [5, 5.41) is 4.62. The van der Waals surface area contributed by atoms with Gasteiger partial charge in [0.25, 0.3) is 0 Å². The Balaban J connectivity index is 1.78. The van der Waals surface area contributed by atoms with Gasteiger partial charge in [0.15, 0.2) is 0 Å². The maximum absolute atomic E-state index is 11.3. The summed E-state index contributed by atoms with van der Waals surface area (Å²) in [5.74, 6) is 0. The number of hydrogen-bond donors (Lipinski definition) is 2. The zero-order chi connectivity index (χ0) is 18.2. The van der Waals surface area contributed by atoms with Crippen LogP contribution in [-0.4, -0.2) is 14.8 Å². The molecule has 0 aliphatic rings. The SMILES string of the molecule is CCCCCCCCCCCCCCCCCCn1c(=O)[nH][nH]c1=O. The summed E-state index contributed by atoms with van der Waals surface area (Å²) < 4.78 is 1.24. The first-order valence-corrected chi connectivity index (χ1v) is 10.6. The zero-order valence-corrected chi connectivity index (χ0v) is 16.3. The average Bonchev–Trinajstić information content (AvgIpc) is 2.93. The molecule has 0 bridgehead atoms. The standard InChI is InChI=1S/C20H39N3O2/c1-2-3-4-5-6-7-8-9-10-11-12-13-14-15-16-17-18-23-19(24)21-22-20(23)25/h2-18H2,1H3,(H,21,24)(H,22,25). The Morgan fingerprint density at radius 3 is 1.24 bits per heavy atom. The average molecular weight is 354 g/mol. The molecule has 0 saturated heterocycles. The number of nitrogens with zero attached hydrogens (tertiary/aromatic N) is 1. The first-order valence-electron chi connectivity index (χ1n) is 10.6. The van der Waals surface area contributed by atoms with Crippen molar-refractivity contribution in [3.8, 4) is 0 Å². The van der Waals surface area contributed by atoms with Gasteiger partial charge in [-0.1, -0.05) is 103 Å². The van der Waals surface area contributed by atoms with Gasteiger partial charge in [-0.3, -0.25) is 0 Å². The fourth-order valence-corrected chi connectivity index (χ4v) is 3.36. The minimum atomic E-state index is -0.328. The molecule has 0 radical (unpaired) electrons. The molecule has 1 aromatic heterocycles. The van der Waals surface area contributed by atoms with Gasteiger partial charge in [0.2, 0.25) is 0 Å². The highest BCUT2D eigenvalue weighted by molar-refractivity contribution is 4.65. The third-order valence-electron chi connectivity index (χ3n) is 5.00. The normalized spacial score (nSPS) is 11.2. The molecule has 0 aliphatic carbocycles. The van der Waals surface area contributed by atoms with Crippen LogP contribution in [0.25, 0.3) is 0 Å². The second-order valence-corrected chi connectivity index (χ2v) is 7.32. The largest absolute Gasteiger partial charge is 0.344 e. The van der Waals surface area contributed by atoms with Crippen LogP contribution >= 0.6 is 0 Å². The molecule has 25 heavy (non-hydrogen) atoms. The Morgan fingerprint density at radius 1 is 0.560 bits per heavy atom. The first-order chi connectivity index (χ1) is 12.3. The van der Waals surface area contributed by atoms with Crippen LogP contribution in [0, 0.1) is 0 Å². The maximum Gasteiger partial charge on any atom is 0.344 e. The van der Waals surface area contributed by atoms with Gasteiger partial charge in [-0.2, -0.15) is 0 Å². The minimum absolute atomic E-state index is 0.328. The van der Waals surface area contributed by atoms with Crippen molar-refractivity contribution in [1.82, 2.24) is 14.8 Å². The summed E-state index contributed by atoms with van der Waals surface area (Å²) in [6.45, 7) is 2.80. The summed E-state index contributed by atoms with van der Waals surface area (Å²) in [7, 11) is 0. The third kappa shape index (κ3) is 11.1. The van der Waals surface area contributed by atoms with Crippen LogP contribution < -0.4 is 11.4 Å². The molecule has 1 heterocycles. The van der Waals surface area contributed by atoms with Gasteiger partial charge in [-0.05, 0) is 6.42 Å². The lowest BCUT2D eigenvalue weighted by atomic mass is 10.0. The van der Waals surface area contributed by atoms with E-state index in [1.54, 1.807) is 0 Å². The Bertz CT molecular complexity index is 488. The molecule has 0 aromatic carbocycles. The third-order valence-corrected chi connectivity index (χ3v) is 5.00. The van der Waals surface area contributed by atoms with E-state index in [0.29, 0.717) is 6.54 Å². The van der Waals surface area contributed by atoms with Crippen molar-refractivity contribution in [2.45, 2.75) is 116 Å². The summed E-state index contributed by atoms with van der Waals surface area (Å²) >= 11 is 0. The van der Waals surface area contributed by atoms with E-state index in [-0.39, 0.29) is 11.4 Å². The van der Waals surface area contributed by atoms with Crippen molar-refractivity contribution in [1.29, 1.82) is 0 Å². The van der Waals surface area contributed by atoms with Crippen LogP contribution in [0.1, 0.15) is 110 Å². The van der Waals surface area contributed by atoms with Crippen molar-refractivity contribution in [2.24, 2.45) is 0 Å². The molecule has 0 saturated carbocycles. The predicted molar refractivity (Wildman–Crippen MR) is 105 cm³/mol. The number of nitrogens with one attached hydrogen (secondary N) is 2. The second-order valence-electron chi connectivity index (χ2n) is 7.32. The molecule has 2 N–H and O–H groups in total. The Morgan fingerprint density at radius 2 is 0.880 bits per heavy atom. The van der Waals surface area contributed by atoms with E-state index >= 15 is 0 Å². The van der Waals surface area contributed by atoms with Gasteiger partial charge in [-0.25, -0.2) is 24.4 Å². The smallest absolute Gasteiger partial charge is 0.247 e. The quantitative estimate of drug-likeness (QED) is 0.381. The maximum atomic E-state index is 11.3. The van der Waals surface area contributed by atoms with Crippen molar-refractivity contribution in [3.05, 3.63) is 21.0 Å². The zero-order valence-electron chi connectivity index (χ0n) is 16.3. The topological polar surface area (TPSA) is 70.7 Å². The molecule has 146 valence electrons. The fraction of sp³-hybridized carbons (Fsp3) is 0.900. The lowest BCUT2D eigenvalue weighted by molar-refractivity contribution is 0.516. The van der Waals surface area contributed by atoms with Crippen molar-refractivity contribution >= 4 is 0 Å². The van der Waals surface area contributed by atoms with Crippen LogP contribution in [0.3, 0.4) is 0 Å². The number of rotatable bonds is 17. The van der Waals surface area contributed by atoms with Gasteiger partial charge in [0.1, 0.15) is 0 Å². The minimum Gasteiger partial charge on any atom is -0.247 e. The molecule has 5 nitrogen and oxygen atoms in total. The van der Waals surface area contributed by atoms with Gasteiger partial charge < -0.3 is 0 Å². The lowest BCUT2D eigenvalue weighted by Gasteiger charge is -2.03. The van der Waals surface area contributed by atoms with Crippen molar-refractivity contribution < 1.29 is 0 Å². The van der Waals surface area contributed by atoms with E-state index < -0.39 is 0 Å². The molecule has 0 atom stereocenters. The van der Waals surface area contributed by atoms with Gasteiger partial charge in [0, 0.05) is 6.54 Å². The van der Waals surface area contributed by atoms with Crippen LogP contribution in [-0.2, 0) is 6.54 Å². The molecule has 0 aliphatic heterocycles. The molecule has 0 unspecified atom stereocenters. The molecule has 0 amide bonds. The molecular weight excluding hydrogens is 314 g/mol. The van der Waals surface area contributed by atoms with E-state index in [1.165, 1.54) is 94.5 Å². The van der Waals surface area contributed by atoms with Crippen LogP contribution in [0.15, 0.2) is 9.59 Å². The van der Waals surface area contributed by atoms with E-state index in [2.05, 4.69) is 17.1 Å². The summed E-state index contributed by atoms with van der Waals surface area (Å²) in [5.41, 5.74) is -0.656. The van der Waals surface area contributed by atoms with Crippen LogP contribution in [0.4, 0.5) is 0 Å². The van der Waals surface area contributed by atoms with Gasteiger partial charge >= 0.3 is 11.4 Å². The summed E-state index contributed by atoms with van der Waals surface area (Å²) in [6.07, 6.45) is 21.2. The Labute approximate surface area is 152 Å². The van der Waals surface area contributed by atoms with Gasteiger partial charge in [-0.15, -0.1) is 0 Å². The number of unbranched alkanes of at least 4 members (excludes halogenated alkanes) is 15. The lowest BCUT2D eigenvalue weighted by Crippen LogP contribution is -2.26. The van der Waals surface area contributed by atoms with E-state index in [9.17, 15) is 9.59 Å². The Hall–Kier alpha value is -1.26. The number of hydrogen-bond acceptors (Lipinski definition) is 2. The Kier molecular flexibility index (Phi) is 13.1. The summed E-state index contributed by atoms with van der Waals surface area (Å²) in [4.78, 5) is 22.6. The van der Waals surface area contributed by atoms with Crippen LogP contribution in [0.2, 0.25) is 0 Å². The van der Waals surface area contributed by atoms with Crippen LogP contribution in [0.5, 0.6) is 0 Å². The highest BCUT2D eigenvalue weighted by atomic mass is 16.2. The second kappa shape index (κ2) is 15.0. The van der Waals surface area contributed by atoms with E-state index in [1.807, 2.05) is 0 Å². The highest BCUT2D eigenvalue weighted by Crippen LogP contribution is 2.13. The summed E-state index contributed by atoms with van der Waals surface area (Å²) in [6, 6.07) is 0. The van der Waals surface area contributed by atoms with E-state index in [0.717, 1.165) is 12.8 Å². The number of aromatic amines is 2. The van der Waals surface area contributed by atoms with E-state index in [4.69, 9.17) is 0 Å². The molecule has 0 fully saturated rings. The number of aromatic nitrogens is 3. The fourth-order valence-electron chi connectivity index (χ4n) is 3.36. The molecule has 1 aromatic rings. The monoisotopic (exact) mass is 353 g/mol.